The number of thioether (sulfide) groups is 1. The highest BCUT2D eigenvalue weighted by Gasteiger charge is 2.22. The third-order valence-electron chi connectivity index (χ3n) is 3.76. The third kappa shape index (κ3) is 3.90. The van der Waals surface area contributed by atoms with Crippen LogP contribution in [0.25, 0.3) is 11.4 Å². The van der Waals surface area contributed by atoms with Gasteiger partial charge in [0.1, 0.15) is 0 Å². The van der Waals surface area contributed by atoms with Crippen molar-refractivity contribution >= 4 is 23.5 Å². The second kappa shape index (κ2) is 6.84. The molecule has 0 aliphatic carbocycles. The van der Waals surface area contributed by atoms with Gasteiger partial charge in [0.05, 0.1) is 0 Å². The number of carbonyl (C=O) groups is 1. The van der Waals surface area contributed by atoms with Crippen LogP contribution in [0.2, 0.25) is 0 Å². The SMILES string of the molecule is CC(C)(C)c1nc(-c2ccc(NC(=O)N3CCSCC3)cc2)no1. The van der Waals surface area contributed by atoms with E-state index < -0.39 is 0 Å². The number of aromatic nitrogens is 2. The van der Waals surface area contributed by atoms with Crippen molar-refractivity contribution in [1.82, 2.24) is 15.0 Å². The van der Waals surface area contributed by atoms with E-state index in [-0.39, 0.29) is 11.4 Å². The molecule has 2 aromatic rings. The highest BCUT2D eigenvalue weighted by Crippen LogP contribution is 2.24. The summed E-state index contributed by atoms with van der Waals surface area (Å²) in [6.45, 7) is 7.69. The molecule has 1 aliphatic rings. The van der Waals surface area contributed by atoms with Crippen LogP contribution in [-0.4, -0.2) is 45.7 Å². The Labute approximate surface area is 146 Å². The number of benzene rings is 1. The Balaban J connectivity index is 1.67. The summed E-state index contributed by atoms with van der Waals surface area (Å²) in [6, 6.07) is 7.45. The summed E-state index contributed by atoms with van der Waals surface area (Å²) >= 11 is 1.88. The van der Waals surface area contributed by atoms with Gasteiger partial charge in [0.25, 0.3) is 0 Å². The van der Waals surface area contributed by atoms with Crippen LogP contribution in [0.4, 0.5) is 10.5 Å². The number of urea groups is 1. The molecule has 0 spiro atoms. The Hall–Kier alpha value is -2.02. The molecule has 1 saturated heterocycles. The Bertz CT molecular complexity index is 700. The molecule has 1 fully saturated rings. The Morgan fingerprint density at radius 2 is 1.88 bits per heavy atom. The lowest BCUT2D eigenvalue weighted by Gasteiger charge is -2.26. The first-order chi connectivity index (χ1) is 11.4. The predicted molar refractivity (Wildman–Crippen MR) is 96.4 cm³/mol. The predicted octanol–water partition coefficient (Wildman–Crippen LogP) is 3.61. The van der Waals surface area contributed by atoms with Gasteiger partial charge in [-0.3, -0.25) is 0 Å². The lowest BCUT2D eigenvalue weighted by molar-refractivity contribution is 0.217. The topological polar surface area (TPSA) is 71.3 Å². The highest BCUT2D eigenvalue weighted by atomic mass is 32.2. The Kier molecular flexibility index (Phi) is 4.80. The van der Waals surface area contributed by atoms with E-state index in [1.807, 2.05) is 61.7 Å². The summed E-state index contributed by atoms with van der Waals surface area (Å²) in [5.41, 5.74) is 1.45. The fraction of sp³-hybridized carbons (Fsp3) is 0.471. The van der Waals surface area contributed by atoms with Crippen LogP contribution in [0.15, 0.2) is 28.8 Å². The van der Waals surface area contributed by atoms with E-state index in [0.29, 0.717) is 11.7 Å². The van der Waals surface area contributed by atoms with Crippen LogP contribution in [0.5, 0.6) is 0 Å². The zero-order valence-electron chi connectivity index (χ0n) is 14.2. The van der Waals surface area contributed by atoms with E-state index in [2.05, 4.69) is 15.5 Å². The molecule has 128 valence electrons. The molecule has 2 heterocycles. The van der Waals surface area contributed by atoms with E-state index >= 15 is 0 Å². The molecule has 0 unspecified atom stereocenters. The fourth-order valence-electron chi connectivity index (χ4n) is 2.32. The van der Waals surface area contributed by atoms with Gasteiger partial charge in [-0.15, -0.1) is 0 Å². The molecule has 7 heteroatoms. The highest BCUT2D eigenvalue weighted by molar-refractivity contribution is 7.99. The largest absolute Gasteiger partial charge is 0.338 e. The molecule has 3 rings (SSSR count). The van der Waals surface area contributed by atoms with E-state index in [0.717, 1.165) is 35.8 Å². The van der Waals surface area contributed by atoms with Crippen molar-refractivity contribution in [2.24, 2.45) is 0 Å². The van der Waals surface area contributed by atoms with Crippen molar-refractivity contribution < 1.29 is 9.32 Å². The molecule has 1 aromatic heterocycles. The number of amides is 2. The molecule has 0 saturated carbocycles. The molecular formula is C17H22N4O2S. The van der Waals surface area contributed by atoms with E-state index in [1.165, 1.54) is 0 Å². The normalized spacial score (nSPS) is 15.4. The first kappa shape index (κ1) is 16.8. The molecule has 1 aliphatic heterocycles. The number of hydrogen-bond donors (Lipinski definition) is 1. The summed E-state index contributed by atoms with van der Waals surface area (Å²) in [5.74, 6) is 3.17. The summed E-state index contributed by atoms with van der Waals surface area (Å²) in [4.78, 5) is 18.5. The smallest absolute Gasteiger partial charge is 0.321 e. The van der Waals surface area contributed by atoms with E-state index in [9.17, 15) is 4.79 Å². The van der Waals surface area contributed by atoms with E-state index in [1.54, 1.807) is 0 Å². The number of nitrogens with zero attached hydrogens (tertiary/aromatic N) is 3. The molecule has 1 aromatic carbocycles. The van der Waals surface area contributed by atoms with Gasteiger partial charge in [-0.1, -0.05) is 25.9 Å². The Morgan fingerprint density at radius 3 is 2.46 bits per heavy atom. The van der Waals surface area contributed by atoms with Crippen molar-refractivity contribution in [3.8, 4) is 11.4 Å². The lowest BCUT2D eigenvalue weighted by Crippen LogP contribution is -2.40. The van der Waals surface area contributed by atoms with Crippen LogP contribution in [0.1, 0.15) is 26.7 Å². The van der Waals surface area contributed by atoms with Crippen LogP contribution >= 0.6 is 11.8 Å². The Morgan fingerprint density at radius 1 is 1.21 bits per heavy atom. The van der Waals surface area contributed by atoms with Crippen molar-refractivity contribution in [2.75, 3.05) is 29.9 Å². The molecule has 24 heavy (non-hydrogen) atoms. The molecule has 2 amide bonds. The summed E-state index contributed by atoms with van der Waals surface area (Å²) < 4.78 is 5.32. The van der Waals surface area contributed by atoms with E-state index in [4.69, 9.17) is 4.52 Å². The number of anilines is 1. The van der Waals surface area contributed by atoms with Crippen molar-refractivity contribution in [3.63, 3.8) is 0 Å². The zero-order chi connectivity index (χ0) is 17.2. The van der Waals surface area contributed by atoms with Crippen LogP contribution in [0, 0.1) is 0 Å². The molecular weight excluding hydrogens is 324 g/mol. The first-order valence-corrected chi connectivity index (χ1v) is 9.17. The zero-order valence-corrected chi connectivity index (χ0v) is 15.0. The van der Waals surface area contributed by atoms with Gasteiger partial charge in [-0.2, -0.15) is 16.7 Å². The maximum atomic E-state index is 12.2. The van der Waals surface area contributed by atoms with Gasteiger partial charge in [-0.05, 0) is 24.3 Å². The molecule has 0 bridgehead atoms. The van der Waals surface area contributed by atoms with Crippen LogP contribution < -0.4 is 5.32 Å². The standard InChI is InChI=1S/C17H22N4O2S/c1-17(2,3)15-19-14(20-23-15)12-4-6-13(7-5-12)18-16(22)21-8-10-24-11-9-21/h4-7H,8-11H2,1-3H3,(H,18,22). The molecule has 0 radical (unpaired) electrons. The van der Waals surface area contributed by atoms with Gasteiger partial charge < -0.3 is 14.7 Å². The number of nitrogens with one attached hydrogen (secondary N) is 1. The second-order valence-corrected chi connectivity index (χ2v) is 8.00. The lowest BCUT2D eigenvalue weighted by atomic mass is 9.97. The van der Waals surface area contributed by atoms with Crippen molar-refractivity contribution in [3.05, 3.63) is 30.2 Å². The van der Waals surface area contributed by atoms with Crippen molar-refractivity contribution in [1.29, 1.82) is 0 Å². The number of carbonyl (C=O) groups excluding carboxylic acids is 1. The van der Waals surface area contributed by atoms with Gasteiger partial charge in [0, 0.05) is 41.3 Å². The minimum atomic E-state index is -0.175. The first-order valence-electron chi connectivity index (χ1n) is 8.02. The maximum Gasteiger partial charge on any atom is 0.321 e. The summed E-state index contributed by atoms with van der Waals surface area (Å²) in [5, 5.41) is 6.97. The minimum absolute atomic E-state index is 0.0439. The minimum Gasteiger partial charge on any atom is -0.338 e. The summed E-state index contributed by atoms with van der Waals surface area (Å²) in [7, 11) is 0. The van der Waals surface area contributed by atoms with Crippen molar-refractivity contribution in [2.45, 2.75) is 26.2 Å². The van der Waals surface area contributed by atoms with Crippen LogP contribution in [-0.2, 0) is 5.41 Å². The average molecular weight is 346 g/mol. The quantitative estimate of drug-likeness (QED) is 0.899. The summed E-state index contributed by atoms with van der Waals surface area (Å²) in [6.07, 6.45) is 0. The molecule has 6 nitrogen and oxygen atoms in total. The monoisotopic (exact) mass is 346 g/mol. The van der Waals surface area contributed by atoms with Crippen LogP contribution in [0.3, 0.4) is 0 Å². The molecule has 1 N–H and O–H groups in total. The fourth-order valence-corrected chi connectivity index (χ4v) is 3.22. The van der Waals surface area contributed by atoms with Gasteiger partial charge in [-0.25, -0.2) is 4.79 Å². The third-order valence-corrected chi connectivity index (χ3v) is 4.70. The maximum absolute atomic E-state index is 12.2. The van der Waals surface area contributed by atoms with Gasteiger partial charge >= 0.3 is 6.03 Å². The molecule has 0 atom stereocenters. The number of rotatable bonds is 2. The number of hydrogen-bond acceptors (Lipinski definition) is 5. The average Bonchev–Trinajstić information content (AvgIpc) is 3.07. The van der Waals surface area contributed by atoms with Gasteiger partial charge in [0.2, 0.25) is 11.7 Å². The van der Waals surface area contributed by atoms with Gasteiger partial charge in [0.15, 0.2) is 0 Å². The second-order valence-electron chi connectivity index (χ2n) is 6.78.